The lowest BCUT2D eigenvalue weighted by atomic mass is 10.1. The SMILES string of the molecule is COCC(N)C(=O)NC(C)c1cc(F)ccc1OC. The average molecular weight is 270 g/mol. The van der Waals surface area contributed by atoms with Gasteiger partial charge in [-0.25, -0.2) is 4.39 Å². The van der Waals surface area contributed by atoms with Crippen LogP contribution in [0.25, 0.3) is 0 Å². The highest BCUT2D eigenvalue weighted by atomic mass is 19.1. The van der Waals surface area contributed by atoms with E-state index in [-0.39, 0.29) is 12.5 Å². The maximum atomic E-state index is 13.2. The van der Waals surface area contributed by atoms with Gasteiger partial charge in [-0.2, -0.15) is 0 Å². The number of nitrogens with two attached hydrogens (primary N) is 1. The van der Waals surface area contributed by atoms with Gasteiger partial charge in [0.25, 0.3) is 0 Å². The molecule has 1 rings (SSSR count). The number of ether oxygens (including phenoxy) is 2. The Labute approximate surface area is 111 Å². The van der Waals surface area contributed by atoms with Gasteiger partial charge >= 0.3 is 0 Å². The first kappa shape index (κ1) is 15.4. The molecule has 0 aliphatic heterocycles. The summed E-state index contributed by atoms with van der Waals surface area (Å²) in [6.45, 7) is 1.85. The van der Waals surface area contributed by atoms with Crippen molar-refractivity contribution >= 4 is 5.91 Å². The number of halogens is 1. The van der Waals surface area contributed by atoms with E-state index in [9.17, 15) is 9.18 Å². The van der Waals surface area contributed by atoms with Gasteiger partial charge < -0.3 is 20.5 Å². The highest BCUT2D eigenvalue weighted by Gasteiger charge is 2.19. The standard InChI is InChI=1S/C13H19FN2O3/c1-8(16-13(17)11(15)7-18-2)10-6-9(14)4-5-12(10)19-3/h4-6,8,11H,7,15H2,1-3H3,(H,16,17). The van der Waals surface area contributed by atoms with Crippen molar-refractivity contribution < 1.29 is 18.7 Å². The Kier molecular flexibility index (Phi) is 5.72. The van der Waals surface area contributed by atoms with Gasteiger partial charge in [0, 0.05) is 12.7 Å². The maximum Gasteiger partial charge on any atom is 0.239 e. The minimum Gasteiger partial charge on any atom is -0.496 e. The van der Waals surface area contributed by atoms with Crippen LogP contribution in [-0.4, -0.2) is 32.8 Å². The molecule has 0 saturated carbocycles. The molecule has 0 aliphatic rings. The van der Waals surface area contributed by atoms with Gasteiger partial charge in [-0.15, -0.1) is 0 Å². The highest BCUT2D eigenvalue weighted by Crippen LogP contribution is 2.25. The lowest BCUT2D eigenvalue weighted by Crippen LogP contribution is -2.44. The van der Waals surface area contributed by atoms with Gasteiger partial charge in [0.2, 0.25) is 5.91 Å². The van der Waals surface area contributed by atoms with Crippen molar-refractivity contribution in [2.24, 2.45) is 5.73 Å². The molecule has 3 N–H and O–H groups in total. The molecule has 0 spiro atoms. The van der Waals surface area contributed by atoms with E-state index in [1.54, 1.807) is 6.92 Å². The zero-order chi connectivity index (χ0) is 14.4. The number of carbonyl (C=O) groups excluding carboxylic acids is 1. The van der Waals surface area contributed by atoms with Crippen molar-refractivity contribution in [1.29, 1.82) is 0 Å². The Morgan fingerprint density at radius 2 is 2.16 bits per heavy atom. The number of carbonyl (C=O) groups is 1. The van der Waals surface area contributed by atoms with Crippen LogP contribution in [0.2, 0.25) is 0 Å². The number of nitrogens with one attached hydrogen (secondary N) is 1. The van der Waals surface area contributed by atoms with Crippen LogP contribution in [0, 0.1) is 5.82 Å². The van der Waals surface area contributed by atoms with Crippen molar-refractivity contribution in [1.82, 2.24) is 5.32 Å². The van der Waals surface area contributed by atoms with Gasteiger partial charge in [0.05, 0.1) is 19.8 Å². The number of methoxy groups -OCH3 is 2. The smallest absolute Gasteiger partial charge is 0.239 e. The quantitative estimate of drug-likeness (QED) is 0.808. The van der Waals surface area contributed by atoms with Crippen LogP contribution < -0.4 is 15.8 Å². The van der Waals surface area contributed by atoms with Gasteiger partial charge in [-0.3, -0.25) is 4.79 Å². The molecule has 0 aromatic heterocycles. The van der Waals surface area contributed by atoms with E-state index >= 15 is 0 Å². The summed E-state index contributed by atoms with van der Waals surface area (Å²) in [6, 6.07) is 2.97. The van der Waals surface area contributed by atoms with E-state index in [0.29, 0.717) is 11.3 Å². The van der Waals surface area contributed by atoms with Gasteiger partial charge in [-0.1, -0.05) is 0 Å². The van der Waals surface area contributed by atoms with Crippen LogP contribution in [0.4, 0.5) is 4.39 Å². The third-order valence-electron chi connectivity index (χ3n) is 2.70. The van der Waals surface area contributed by atoms with Crippen LogP contribution in [-0.2, 0) is 9.53 Å². The Balaban J connectivity index is 2.80. The first-order valence-corrected chi connectivity index (χ1v) is 5.88. The number of hydrogen-bond acceptors (Lipinski definition) is 4. The van der Waals surface area contributed by atoms with E-state index in [1.165, 1.54) is 32.4 Å². The summed E-state index contributed by atoms with van der Waals surface area (Å²) in [5.74, 6) is -0.242. The van der Waals surface area contributed by atoms with E-state index in [0.717, 1.165) is 0 Å². The summed E-state index contributed by atoms with van der Waals surface area (Å²) in [4.78, 5) is 11.8. The molecule has 106 valence electrons. The molecular formula is C13H19FN2O3. The molecule has 5 nitrogen and oxygen atoms in total. The average Bonchev–Trinajstić information content (AvgIpc) is 2.38. The second kappa shape index (κ2) is 7.06. The zero-order valence-corrected chi connectivity index (χ0v) is 11.3. The van der Waals surface area contributed by atoms with E-state index in [4.69, 9.17) is 15.2 Å². The first-order valence-electron chi connectivity index (χ1n) is 5.88. The minimum atomic E-state index is -0.757. The predicted molar refractivity (Wildman–Crippen MR) is 69.4 cm³/mol. The number of amides is 1. The summed E-state index contributed by atoms with van der Waals surface area (Å²) >= 11 is 0. The molecule has 2 atom stereocenters. The molecule has 1 aromatic carbocycles. The fourth-order valence-electron chi connectivity index (χ4n) is 1.70. The van der Waals surface area contributed by atoms with Crippen LogP contribution in [0.5, 0.6) is 5.75 Å². The fourth-order valence-corrected chi connectivity index (χ4v) is 1.70. The third-order valence-corrected chi connectivity index (χ3v) is 2.70. The maximum absolute atomic E-state index is 13.2. The predicted octanol–water partition coefficient (Wildman–Crippen LogP) is 0.985. The summed E-state index contributed by atoms with van der Waals surface area (Å²) in [6.07, 6.45) is 0. The molecule has 0 fully saturated rings. The fraction of sp³-hybridized carbons (Fsp3) is 0.462. The Morgan fingerprint density at radius 3 is 2.74 bits per heavy atom. The van der Waals surface area contributed by atoms with E-state index in [2.05, 4.69) is 5.32 Å². The van der Waals surface area contributed by atoms with Crippen LogP contribution in [0.15, 0.2) is 18.2 Å². The summed E-state index contributed by atoms with van der Waals surface area (Å²) in [5.41, 5.74) is 6.17. The lowest BCUT2D eigenvalue weighted by molar-refractivity contribution is -0.124. The summed E-state index contributed by atoms with van der Waals surface area (Å²) in [7, 11) is 2.95. The highest BCUT2D eigenvalue weighted by molar-refractivity contribution is 5.82. The third kappa shape index (κ3) is 4.18. The molecule has 2 unspecified atom stereocenters. The van der Waals surface area contributed by atoms with Crippen LogP contribution >= 0.6 is 0 Å². The van der Waals surface area contributed by atoms with Crippen LogP contribution in [0.3, 0.4) is 0 Å². The molecule has 1 amide bonds. The molecule has 19 heavy (non-hydrogen) atoms. The largest absolute Gasteiger partial charge is 0.496 e. The summed E-state index contributed by atoms with van der Waals surface area (Å²) in [5, 5.41) is 2.69. The van der Waals surface area contributed by atoms with Crippen LogP contribution in [0.1, 0.15) is 18.5 Å². The number of hydrogen-bond donors (Lipinski definition) is 2. The van der Waals surface area contributed by atoms with Crippen molar-refractivity contribution in [3.05, 3.63) is 29.6 Å². The molecule has 0 saturated heterocycles. The molecular weight excluding hydrogens is 251 g/mol. The normalized spacial score (nSPS) is 13.7. The molecule has 6 heteroatoms. The van der Waals surface area contributed by atoms with Gasteiger partial charge in [0.1, 0.15) is 17.6 Å². The zero-order valence-electron chi connectivity index (χ0n) is 11.3. The Hall–Kier alpha value is -1.66. The topological polar surface area (TPSA) is 73.6 Å². The first-order chi connectivity index (χ1) is 8.99. The summed E-state index contributed by atoms with van der Waals surface area (Å²) < 4.78 is 23.2. The van der Waals surface area contributed by atoms with E-state index in [1.807, 2.05) is 0 Å². The molecule has 0 radical (unpaired) electrons. The molecule has 1 aromatic rings. The Bertz CT molecular complexity index is 440. The second-order valence-electron chi connectivity index (χ2n) is 4.18. The van der Waals surface area contributed by atoms with Gasteiger partial charge in [-0.05, 0) is 25.1 Å². The second-order valence-corrected chi connectivity index (χ2v) is 4.18. The Morgan fingerprint density at radius 1 is 1.47 bits per heavy atom. The van der Waals surface area contributed by atoms with E-state index < -0.39 is 17.9 Å². The molecule has 0 aliphatic carbocycles. The van der Waals surface area contributed by atoms with Crippen molar-refractivity contribution in [3.63, 3.8) is 0 Å². The minimum absolute atomic E-state index is 0.124. The van der Waals surface area contributed by atoms with Crippen molar-refractivity contribution in [3.8, 4) is 5.75 Å². The monoisotopic (exact) mass is 270 g/mol. The lowest BCUT2D eigenvalue weighted by Gasteiger charge is -2.19. The van der Waals surface area contributed by atoms with Gasteiger partial charge in [0.15, 0.2) is 0 Å². The van der Waals surface area contributed by atoms with Crippen molar-refractivity contribution in [2.75, 3.05) is 20.8 Å². The number of benzene rings is 1. The molecule has 0 heterocycles. The van der Waals surface area contributed by atoms with Crippen molar-refractivity contribution in [2.45, 2.75) is 19.0 Å². The number of rotatable bonds is 6. The molecule has 0 bridgehead atoms.